The van der Waals surface area contributed by atoms with E-state index < -0.39 is 27.2 Å². The van der Waals surface area contributed by atoms with E-state index in [-0.39, 0.29) is 25.4 Å². The first-order valence-electron chi connectivity index (χ1n) is 6.23. The highest BCUT2D eigenvalue weighted by Crippen LogP contribution is 2.24. The van der Waals surface area contributed by atoms with Crippen LogP contribution in [0.2, 0.25) is 0 Å². The van der Waals surface area contributed by atoms with Gasteiger partial charge in [0.05, 0.1) is 16.9 Å². The van der Waals surface area contributed by atoms with Gasteiger partial charge in [0.1, 0.15) is 0 Å². The summed E-state index contributed by atoms with van der Waals surface area (Å²) in [7, 11) is -1.72. The van der Waals surface area contributed by atoms with Crippen LogP contribution in [0.5, 0.6) is 0 Å². The molecule has 118 valence electrons. The highest BCUT2D eigenvalue weighted by atomic mass is 32.2. The quantitative estimate of drug-likeness (QED) is 0.610. The Morgan fingerprint density at radius 1 is 1.40 bits per heavy atom. The molecule has 1 saturated heterocycles. The molecule has 0 bridgehead atoms. The molecule has 0 unspecified atom stereocenters. The summed E-state index contributed by atoms with van der Waals surface area (Å²) in [6.45, 7) is 3.38. The van der Waals surface area contributed by atoms with Gasteiger partial charge in [-0.3, -0.25) is 4.99 Å². The van der Waals surface area contributed by atoms with E-state index in [2.05, 4.69) is 10.3 Å². The average Bonchev–Trinajstić information content (AvgIpc) is 2.27. The summed E-state index contributed by atoms with van der Waals surface area (Å²) in [4.78, 5) is 5.59. The van der Waals surface area contributed by atoms with E-state index in [0.717, 1.165) is 0 Å². The number of hydrogen-bond donors (Lipinski definition) is 1. The van der Waals surface area contributed by atoms with Crippen molar-refractivity contribution in [2.75, 3.05) is 32.4 Å². The zero-order valence-corrected chi connectivity index (χ0v) is 12.6. The molecule has 1 aliphatic rings. The van der Waals surface area contributed by atoms with Crippen molar-refractivity contribution in [3.63, 3.8) is 0 Å². The normalized spacial score (nSPS) is 22.7. The third kappa shape index (κ3) is 4.26. The van der Waals surface area contributed by atoms with Crippen molar-refractivity contribution in [3.05, 3.63) is 0 Å². The lowest BCUT2D eigenvalue weighted by molar-refractivity contribution is -0.132. The Balaban J connectivity index is 2.65. The Morgan fingerprint density at radius 2 is 2.00 bits per heavy atom. The molecule has 1 aliphatic heterocycles. The van der Waals surface area contributed by atoms with Crippen molar-refractivity contribution >= 4 is 15.8 Å². The van der Waals surface area contributed by atoms with Crippen LogP contribution < -0.4 is 5.32 Å². The van der Waals surface area contributed by atoms with Crippen molar-refractivity contribution in [2.24, 2.45) is 4.99 Å². The fourth-order valence-corrected chi connectivity index (χ4v) is 3.34. The first-order chi connectivity index (χ1) is 8.98. The van der Waals surface area contributed by atoms with Crippen molar-refractivity contribution in [3.8, 4) is 0 Å². The highest BCUT2D eigenvalue weighted by Gasteiger charge is 2.41. The summed E-state index contributed by atoms with van der Waals surface area (Å²) in [5, 5.41) is 2.62. The van der Waals surface area contributed by atoms with Crippen molar-refractivity contribution in [1.82, 2.24) is 10.2 Å². The number of hydrogen-bond acceptors (Lipinski definition) is 3. The molecule has 5 nitrogen and oxygen atoms in total. The van der Waals surface area contributed by atoms with Gasteiger partial charge in [0.2, 0.25) is 0 Å². The molecule has 20 heavy (non-hydrogen) atoms. The van der Waals surface area contributed by atoms with Gasteiger partial charge in [-0.05, 0) is 13.8 Å². The van der Waals surface area contributed by atoms with Crippen molar-refractivity contribution in [1.29, 1.82) is 0 Å². The van der Waals surface area contributed by atoms with Crippen molar-refractivity contribution in [2.45, 2.75) is 31.2 Å². The molecular formula is C11H20F3N3O2S. The third-order valence-electron chi connectivity index (χ3n) is 3.25. The second kappa shape index (κ2) is 5.79. The third-order valence-corrected chi connectivity index (χ3v) is 5.78. The predicted molar refractivity (Wildman–Crippen MR) is 71.5 cm³/mol. The van der Waals surface area contributed by atoms with Crippen LogP contribution in [0.1, 0.15) is 20.3 Å². The number of alkyl halides is 3. The van der Waals surface area contributed by atoms with Crippen LogP contribution in [-0.2, 0) is 9.84 Å². The summed E-state index contributed by atoms with van der Waals surface area (Å²) in [5.74, 6) is 0.275. The maximum Gasteiger partial charge on any atom is 0.390 e. The number of rotatable bonds is 2. The van der Waals surface area contributed by atoms with Gasteiger partial charge in [0.25, 0.3) is 0 Å². The van der Waals surface area contributed by atoms with Crippen LogP contribution >= 0.6 is 0 Å². The maximum absolute atomic E-state index is 12.1. The van der Waals surface area contributed by atoms with Gasteiger partial charge < -0.3 is 10.2 Å². The van der Waals surface area contributed by atoms with Crippen LogP contribution in [-0.4, -0.2) is 62.6 Å². The number of aliphatic imine (C=N–C) groups is 1. The fourth-order valence-electron chi connectivity index (χ4n) is 1.97. The fraction of sp³-hybridized carbons (Fsp3) is 0.909. The molecule has 1 rings (SSSR count). The highest BCUT2D eigenvalue weighted by molar-refractivity contribution is 7.92. The van der Waals surface area contributed by atoms with Crippen LogP contribution in [0, 0.1) is 0 Å². The molecule has 0 spiro atoms. The summed E-state index contributed by atoms with van der Waals surface area (Å²) in [6, 6.07) is 0. The standard InChI is InChI=1S/C11H20F3N3O2S/c1-10(2)8-17(6-7-20(10,18)19)9(15-3)16-5-4-11(12,13)14/h4-8H2,1-3H3,(H,15,16). The van der Waals surface area contributed by atoms with Gasteiger partial charge in [-0.25, -0.2) is 8.42 Å². The van der Waals surface area contributed by atoms with Gasteiger partial charge in [-0.1, -0.05) is 0 Å². The van der Waals surface area contributed by atoms with Crippen LogP contribution in [0.4, 0.5) is 13.2 Å². The number of sulfone groups is 1. The Labute approximate surface area is 117 Å². The molecule has 1 N–H and O–H groups in total. The van der Waals surface area contributed by atoms with E-state index in [0.29, 0.717) is 5.96 Å². The first-order valence-corrected chi connectivity index (χ1v) is 7.88. The van der Waals surface area contributed by atoms with Gasteiger partial charge in [0.15, 0.2) is 15.8 Å². The largest absolute Gasteiger partial charge is 0.390 e. The average molecular weight is 315 g/mol. The van der Waals surface area contributed by atoms with Gasteiger partial charge >= 0.3 is 6.18 Å². The van der Waals surface area contributed by atoms with Crippen LogP contribution in [0.3, 0.4) is 0 Å². The Bertz CT molecular complexity index is 472. The topological polar surface area (TPSA) is 61.8 Å². The molecular weight excluding hydrogens is 295 g/mol. The lowest BCUT2D eigenvalue weighted by atomic mass is 10.2. The van der Waals surface area contributed by atoms with Crippen LogP contribution in [0.15, 0.2) is 4.99 Å². The van der Waals surface area contributed by atoms with E-state index >= 15 is 0 Å². The molecule has 0 aromatic heterocycles. The lowest BCUT2D eigenvalue weighted by Gasteiger charge is -2.39. The van der Waals surface area contributed by atoms with E-state index in [1.165, 1.54) is 7.05 Å². The molecule has 0 amide bonds. The number of nitrogens with zero attached hydrogens (tertiary/aromatic N) is 2. The van der Waals surface area contributed by atoms with E-state index in [4.69, 9.17) is 0 Å². The molecule has 9 heteroatoms. The second-order valence-electron chi connectivity index (χ2n) is 5.34. The molecule has 0 atom stereocenters. The predicted octanol–water partition coefficient (Wildman–Crippen LogP) is 1.02. The summed E-state index contributed by atoms with van der Waals surface area (Å²) in [6.07, 6.45) is -5.18. The molecule has 1 heterocycles. The van der Waals surface area contributed by atoms with Gasteiger partial charge in [0, 0.05) is 26.7 Å². The van der Waals surface area contributed by atoms with Crippen LogP contribution in [0.25, 0.3) is 0 Å². The van der Waals surface area contributed by atoms with E-state index in [9.17, 15) is 21.6 Å². The number of nitrogens with one attached hydrogen (secondary N) is 1. The van der Waals surface area contributed by atoms with Crippen molar-refractivity contribution < 1.29 is 21.6 Å². The molecule has 0 aromatic rings. The minimum atomic E-state index is -4.23. The Morgan fingerprint density at radius 3 is 2.45 bits per heavy atom. The SMILES string of the molecule is CN=C(NCCC(F)(F)F)N1CCS(=O)(=O)C(C)(C)C1. The minimum absolute atomic E-state index is 0.0278. The minimum Gasteiger partial charge on any atom is -0.356 e. The summed E-state index contributed by atoms with van der Waals surface area (Å²) in [5.41, 5.74) is 0. The summed E-state index contributed by atoms with van der Waals surface area (Å²) >= 11 is 0. The Hall–Kier alpha value is -0.990. The molecule has 0 saturated carbocycles. The van der Waals surface area contributed by atoms with Gasteiger partial charge in [-0.2, -0.15) is 13.2 Å². The van der Waals surface area contributed by atoms with E-state index in [1.54, 1.807) is 18.7 Å². The lowest BCUT2D eigenvalue weighted by Crippen LogP contribution is -2.57. The molecule has 0 radical (unpaired) electrons. The van der Waals surface area contributed by atoms with E-state index in [1.807, 2.05) is 0 Å². The maximum atomic E-state index is 12.1. The summed E-state index contributed by atoms with van der Waals surface area (Å²) < 4.78 is 59.1. The monoisotopic (exact) mass is 315 g/mol. The number of guanidine groups is 1. The van der Waals surface area contributed by atoms with Gasteiger partial charge in [-0.15, -0.1) is 0 Å². The molecule has 1 fully saturated rings. The number of halogens is 3. The second-order valence-corrected chi connectivity index (χ2v) is 8.08. The Kier molecular flexibility index (Phi) is 4.94. The zero-order chi connectivity index (χ0) is 15.6. The first kappa shape index (κ1) is 17.1. The zero-order valence-electron chi connectivity index (χ0n) is 11.8. The smallest absolute Gasteiger partial charge is 0.356 e. The molecule has 0 aliphatic carbocycles. The molecule has 0 aromatic carbocycles.